The standard InChI is InChI=1S/C27H38O2/c1-5-26(6-2,7-3)16-17-27(29)15-13-24-23-10-8-19-18-20(28)9-11-21(19)22(23)12-14-25(24,27)4/h9,11,18,22-24,28-29H,5-8,10,12-15H2,1-4H3/t22-,23-,24+,25+,27-/m1/s1. The summed E-state index contributed by atoms with van der Waals surface area (Å²) >= 11 is 0. The Hall–Kier alpha value is -1.46. The molecule has 0 unspecified atom stereocenters. The fourth-order valence-electron chi connectivity index (χ4n) is 7.04. The van der Waals surface area contributed by atoms with Gasteiger partial charge in [-0.3, -0.25) is 0 Å². The molecule has 2 fully saturated rings. The highest BCUT2D eigenvalue weighted by atomic mass is 16.3. The van der Waals surface area contributed by atoms with Gasteiger partial charge in [0.05, 0.1) is 0 Å². The Bertz CT molecular complexity index is 818. The minimum atomic E-state index is -0.845. The fraction of sp³-hybridized carbons (Fsp3) is 0.704. The maximum Gasteiger partial charge on any atom is 0.131 e. The largest absolute Gasteiger partial charge is 0.508 e. The van der Waals surface area contributed by atoms with E-state index in [9.17, 15) is 10.2 Å². The van der Waals surface area contributed by atoms with Crippen molar-refractivity contribution in [2.45, 2.75) is 97.0 Å². The summed E-state index contributed by atoms with van der Waals surface area (Å²) in [6, 6.07) is 5.98. The average Bonchev–Trinajstić information content (AvgIpc) is 3.00. The summed E-state index contributed by atoms with van der Waals surface area (Å²) in [5.41, 5.74) is 1.89. The Morgan fingerprint density at radius 3 is 2.48 bits per heavy atom. The van der Waals surface area contributed by atoms with Crippen molar-refractivity contribution in [1.82, 2.24) is 0 Å². The first-order chi connectivity index (χ1) is 13.8. The average molecular weight is 395 g/mol. The number of hydrogen-bond donors (Lipinski definition) is 2. The molecule has 0 aromatic heterocycles. The van der Waals surface area contributed by atoms with Gasteiger partial charge in [0.1, 0.15) is 11.4 Å². The van der Waals surface area contributed by atoms with Gasteiger partial charge < -0.3 is 10.2 Å². The van der Waals surface area contributed by atoms with E-state index in [2.05, 4.69) is 45.6 Å². The van der Waals surface area contributed by atoms with E-state index in [0.717, 1.165) is 51.4 Å². The molecular formula is C27H38O2. The van der Waals surface area contributed by atoms with Crippen LogP contribution in [0.4, 0.5) is 0 Å². The second-order valence-corrected chi connectivity index (χ2v) is 10.2. The predicted octanol–water partition coefficient (Wildman–Crippen LogP) is 6.20. The Morgan fingerprint density at radius 1 is 1.07 bits per heavy atom. The molecule has 0 bridgehead atoms. The summed E-state index contributed by atoms with van der Waals surface area (Å²) in [5, 5.41) is 21.7. The molecule has 5 atom stereocenters. The molecule has 3 aliphatic rings. The van der Waals surface area contributed by atoms with Crippen LogP contribution in [0.25, 0.3) is 0 Å². The van der Waals surface area contributed by atoms with E-state index in [1.165, 1.54) is 17.5 Å². The van der Waals surface area contributed by atoms with E-state index in [-0.39, 0.29) is 10.8 Å². The minimum absolute atomic E-state index is 0.0488. The van der Waals surface area contributed by atoms with Gasteiger partial charge in [-0.05, 0) is 98.8 Å². The van der Waals surface area contributed by atoms with Crippen molar-refractivity contribution in [3.63, 3.8) is 0 Å². The van der Waals surface area contributed by atoms with Gasteiger partial charge in [-0.1, -0.05) is 45.6 Å². The third kappa shape index (κ3) is 3.12. The number of hydrogen-bond acceptors (Lipinski definition) is 2. The summed E-state index contributed by atoms with van der Waals surface area (Å²) in [6.45, 7) is 9.02. The van der Waals surface area contributed by atoms with E-state index in [0.29, 0.717) is 23.5 Å². The van der Waals surface area contributed by atoms with Gasteiger partial charge in [-0.2, -0.15) is 0 Å². The van der Waals surface area contributed by atoms with Gasteiger partial charge >= 0.3 is 0 Å². The number of phenols is 1. The van der Waals surface area contributed by atoms with Crippen molar-refractivity contribution in [3.05, 3.63) is 29.3 Å². The summed E-state index contributed by atoms with van der Waals surface area (Å²) in [4.78, 5) is 0. The van der Waals surface area contributed by atoms with Crippen LogP contribution in [-0.4, -0.2) is 15.8 Å². The third-order valence-corrected chi connectivity index (χ3v) is 9.43. The number of aryl methyl sites for hydroxylation is 1. The zero-order valence-corrected chi connectivity index (χ0v) is 18.7. The van der Waals surface area contributed by atoms with Crippen molar-refractivity contribution < 1.29 is 10.2 Å². The minimum Gasteiger partial charge on any atom is -0.508 e. The van der Waals surface area contributed by atoms with Crippen molar-refractivity contribution in [2.24, 2.45) is 22.7 Å². The third-order valence-electron chi connectivity index (χ3n) is 9.43. The molecule has 0 spiro atoms. The lowest BCUT2D eigenvalue weighted by atomic mass is 9.53. The molecule has 158 valence electrons. The Labute approximate surface area is 177 Å². The van der Waals surface area contributed by atoms with Crippen LogP contribution in [0.5, 0.6) is 5.75 Å². The molecule has 2 saturated carbocycles. The van der Waals surface area contributed by atoms with Gasteiger partial charge in [0.15, 0.2) is 0 Å². The number of aliphatic hydroxyl groups is 1. The van der Waals surface area contributed by atoms with Crippen molar-refractivity contribution in [1.29, 1.82) is 0 Å². The number of aromatic hydroxyl groups is 1. The lowest BCUT2D eigenvalue weighted by Gasteiger charge is -2.52. The van der Waals surface area contributed by atoms with Crippen LogP contribution < -0.4 is 0 Å². The molecular weight excluding hydrogens is 356 g/mol. The van der Waals surface area contributed by atoms with E-state index in [4.69, 9.17) is 0 Å². The molecule has 3 aliphatic carbocycles. The zero-order valence-electron chi connectivity index (χ0n) is 18.7. The monoisotopic (exact) mass is 394 g/mol. The van der Waals surface area contributed by atoms with Crippen LogP contribution in [0.15, 0.2) is 18.2 Å². The summed E-state index contributed by atoms with van der Waals surface area (Å²) in [6.07, 6.45) is 9.46. The predicted molar refractivity (Wildman–Crippen MR) is 119 cm³/mol. The molecule has 29 heavy (non-hydrogen) atoms. The molecule has 4 rings (SSSR count). The smallest absolute Gasteiger partial charge is 0.131 e. The van der Waals surface area contributed by atoms with Gasteiger partial charge in [0.2, 0.25) is 0 Å². The second-order valence-electron chi connectivity index (χ2n) is 10.2. The lowest BCUT2D eigenvalue weighted by molar-refractivity contribution is -0.0650. The molecule has 1 aromatic rings. The van der Waals surface area contributed by atoms with Crippen LogP contribution in [-0.2, 0) is 6.42 Å². The van der Waals surface area contributed by atoms with Crippen molar-refractivity contribution >= 4 is 0 Å². The summed E-state index contributed by atoms with van der Waals surface area (Å²) < 4.78 is 0. The summed E-state index contributed by atoms with van der Waals surface area (Å²) in [5.74, 6) is 9.22. The Morgan fingerprint density at radius 2 is 1.79 bits per heavy atom. The van der Waals surface area contributed by atoms with Crippen LogP contribution >= 0.6 is 0 Å². The Balaban J connectivity index is 1.64. The normalized spacial score (nSPS) is 35.8. The number of benzene rings is 1. The fourth-order valence-corrected chi connectivity index (χ4v) is 7.04. The highest BCUT2D eigenvalue weighted by Gasteiger charge is 2.61. The molecule has 0 saturated heterocycles. The second kappa shape index (κ2) is 7.35. The van der Waals surface area contributed by atoms with Crippen LogP contribution in [0.2, 0.25) is 0 Å². The molecule has 2 N–H and O–H groups in total. The zero-order chi connectivity index (χ0) is 20.9. The maximum atomic E-state index is 11.8. The van der Waals surface area contributed by atoms with Crippen LogP contribution in [0.3, 0.4) is 0 Å². The molecule has 1 aromatic carbocycles. The number of phenolic OH excluding ortho intramolecular Hbond substituents is 1. The first kappa shape index (κ1) is 20.8. The van der Waals surface area contributed by atoms with Crippen LogP contribution in [0, 0.1) is 34.5 Å². The first-order valence-corrected chi connectivity index (χ1v) is 11.9. The van der Waals surface area contributed by atoms with Crippen molar-refractivity contribution in [2.75, 3.05) is 0 Å². The lowest BCUT2D eigenvalue weighted by Crippen LogP contribution is -2.50. The SMILES string of the molecule is CCC(C#C[C@]1(O)CC[C@H]2[C@@H]3CCc4cc(O)ccc4[C@H]3CC[C@@]21C)(CC)CC. The van der Waals surface area contributed by atoms with Crippen LogP contribution in [0.1, 0.15) is 96.1 Å². The van der Waals surface area contributed by atoms with Gasteiger partial charge in [0, 0.05) is 10.8 Å². The highest BCUT2D eigenvalue weighted by molar-refractivity contribution is 5.41. The maximum absolute atomic E-state index is 11.8. The van der Waals surface area contributed by atoms with Gasteiger partial charge in [-0.15, -0.1) is 0 Å². The molecule has 0 aliphatic heterocycles. The molecule has 2 heteroatoms. The van der Waals surface area contributed by atoms with Gasteiger partial charge in [-0.25, -0.2) is 0 Å². The molecule has 2 nitrogen and oxygen atoms in total. The number of rotatable bonds is 3. The topological polar surface area (TPSA) is 40.5 Å². The van der Waals surface area contributed by atoms with E-state index < -0.39 is 5.60 Å². The first-order valence-electron chi connectivity index (χ1n) is 11.9. The van der Waals surface area contributed by atoms with E-state index in [1.807, 2.05) is 12.1 Å². The molecule has 0 heterocycles. The highest BCUT2D eigenvalue weighted by Crippen LogP contribution is 2.64. The number of fused-ring (bicyclic) bond motifs is 5. The molecule has 0 radical (unpaired) electrons. The van der Waals surface area contributed by atoms with E-state index in [1.54, 1.807) is 0 Å². The quantitative estimate of drug-likeness (QED) is 0.599. The molecule has 0 amide bonds. The summed E-state index contributed by atoms with van der Waals surface area (Å²) in [7, 11) is 0. The van der Waals surface area contributed by atoms with Gasteiger partial charge in [0.25, 0.3) is 0 Å². The van der Waals surface area contributed by atoms with E-state index >= 15 is 0 Å². The Kier molecular flexibility index (Phi) is 5.27. The van der Waals surface area contributed by atoms with Crippen molar-refractivity contribution in [3.8, 4) is 17.6 Å².